The normalized spacial score (nSPS) is 12.5. The van der Waals surface area contributed by atoms with Crippen molar-refractivity contribution >= 4 is 17.3 Å². The average Bonchev–Trinajstić information content (AvgIpc) is 2.03. The van der Waals surface area contributed by atoms with Gasteiger partial charge >= 0.3 is 0 Å². The topological polar surface area (TPSA) is 60.2 Å². The third kappa shape index (κ3) is 1.60. The Labute approximate surface area is 73.2 Å². The molecule has 0 spiro atoms. The number of rotatable bonds is 2. The fourth-order valence-corrected chi connectivity index (χ4v) is 1.62. The molecule has 0 amide bonds. The first-order valence-electron chi connectivity index (χ1n) is 3.37. The van der Waals surface area contributed by atoms with Crippen LogP contribution in [0.4, 0.5) is 0 Å². The molecule has 0 saturated carbocycles. The molecule has 1 aromatic carbocycles. The lowest BCUT2D eigenvalue weighted by Crippen LogP contribution is -2.06. The van der Waals surface area contributed by atoms with E-state index in [1.807, 2.05) is 0 Å². The highest BCUT2D eigenvalue weighted by atomic mass is 32.2. The van der Waals surface area contributed by atoms with Gasteiger partial charge in [0.2, 0.25) is 0 Å². The summed E-state index contributed by atoms with van der Waals surface area (Å²) in [6, 6.07) is 5.09. The third-order valence-corrected chi connectivity index (χ3v) is 2.41. The van der Waals surface area contributed by atoms with Crippen LogP contribution in [-0.4, -0.2) is 10.5 Å². The van der Waals surface area contributed by atoms with Gasteiger partial charge < -0.3 is 0 Å². The fourth-order valence-electron chi connectivity index (χ4n) is 0.980. The van der Waals surface area contributed by atoms with Crippen LogP contribution >= 0.6 is 0 Å². The van der Waals surface area contributed by atoms with Crippen LogP contribution in [0.25, 0.3) is 0 Å². The van der Waals surface area contributed by atoms with Gasteiger partial charge in [0.15, 0.2) is 6.29 Å². The summed E-state index contributed by atoms with van der Waals surface area (Å²) in [4.78, 5) is 11.0. The Hall–Kier alpha value is -1.00. The zero-order valence-corrected chi connectivity index (χ0v) is 7.43. The zero-order valence-electron chi connectivity index (χ0n) is 6.61. The number of carbonyl (C=O) groups excluding carboxylic acids is 1. The summed E-state index contributed by atoms with van der Waals surface area (Å²) in [5, 5.41) is 5.17. The largest absolute Gasteiger partial charge is 0.298 e. The molecule has 0 saturated heterocycles. The average molecular weight is 183 g/mol. The van der Waals surface area contributed by atoms with Crippen molar-refractivity contribution in [2.75, 3.05) is 0 Å². The summed E-state index contributed by atoms with van der Waals surface area (Å²) in [5.41, 5.74) is 1.22. The van der Waals surface area contributed by atoms with Gasteiger partial charge in [-0.3, -0.25) is 4.79 Å². The van der Waals surface area contributed by atoms with Gasteiger partial charge in [-0.1, -0.05) is 12.1 Å². The van der Waals surface area contributed by atoms with E-state index in [1.54, 1.807) is 25.1 Å². The molecule has 1 unspecified atom stereocenters. The van der Waals surface area contributed by atoms with Gasteiger partial charge in [-0.25, -0.2) is 9.35 Å². The fraction of sp³-hybridized carbons (Fsp3) is 0.125. The highest BCUT2D eigenvalue weighted by Crippen LogP contribution is 2.13. The molecule has 0 heterocycles. The van der Waals surface area contributed by atoms with E-state index in [2.05, 4.69) is 0 Å². The van der Waals surface area contributed by atoms with Gasteiger partial charge in [-0.2, -0.15) is 0 Å². The molecule has 0 aliphatic carbocycles. The lowest BCUT2D eigenvalue weighted by atomic mass is 10.1. The molecular formula is C8H9NO2S. The van der Waals surface area contributed by atoms with Crippen LogP contribution in [0.1, 0.15) is 15.9 Å². The summed E-state index contributed by atoms with van der Waals surface area (Å²) >= 11 is 0. The van der Waals surface area contributed by atoms with Crippen LogP contribution in [-0.2, 0) is 11.0 Å². The number of hydrogen-bond acceptors (Lipinski definition) is 2. The van der Waals surface area contributed by atoms with Gasteiger partial charge in [-0.15, -0.1) is 0 Å². The minimum Gasteiger partial charge on any atom is -0.298 e. The van der Waals surface area contributed by atoms with Crippen molar-refractivity contribution in [3.8, 4) is 0 Å². The smallest absolute Gasteiger partial charge is 0.151 e. The van der Waals surface area contributed by atoms with Gasteiger partial charge in [0.1, 0.15) is 11.0 Å². The Morgan fingerprint density at radius 1 is 1.50 bits per heavy atom. The zero-order chi connectivity index (χ0) is 9.14. The standard InChI is InChI=1S/C8H9NO2S/c1-6-3-2-4-8(12(9)11)7(6)5-10/h2-5H,9H2,1H3. The Morgan fingerprint density at radius 2 is 2.17 bits per heavy atom. The Morgan fingerprint density at radius 3 is 2.58 bits per heavy atom. The SMILES string of the molecule is Cc1cccc(S(N)=O)c1C=O. The molecule has 0 aliphatic rings. The number of aryl methyl sites for hydroxylation is 1. The van der Waals surface area contributed by atoms with Crippen molar-refractivity contribution in [2.45, 2.75) is 11.8 Å². The Kier molecular flexibility index (Phi) is 2.73. The molecule has 0 radical (unpaired) electrons. The molecule has 0 fully saturated rings. The quantitative estimate of drug-likeness (QED) is 0.689. The molecule has 0 bridgehead atoms. The predicted molar refractivity (Wildman–Crippen MR) is 47.2 cm³/mol. The van der Waals surface area contributed by atoms with Crippen molar-refractivity contribution in [2.24, 2.45) is 5.14 Å². The van der Waals surface area contributed by atoms with E-state index < -0.39 is 11.0 Å². The molecule has 1 aromatic rings. The number of hydrogen-bond donors (Lipinski definition) is 1. The molecular weight excluding hydrogens is 174 g/mol. The van der Waals surface area contributed by atoms with Crippen molar-refractivity contribution in [1.82, 2.24) is 0 Å². The van der Waals surface area contributed by atoms with E-state index in [0.717, 1.165) is 5.56 Å². The lowest BCUT2D eigenvalue weighted by Gasteiger charge is -2.02. The monoisotopic (exact) mass is 183 g/mol. The van der Waals surface area contributed by atoms with Crippen LogP contribution in [0.5, 0.6) is 0 Å². The third-order valence-electron chi connectivity index (χ3n) is 1.62. The Bertz CT molecular complexity index is 336. The highest BCUT2D eigenvalue weighted by molar-refractivity contribution is 7.82. The van der Waals surface area contributed by atoms with Crippen LogP contribution in [0.15, 0.2) is 23.1 Å². The summed E-state index contributed by atoms with van der Waals surface area (Å²) in [6.45, 7) is 1.78. The van der Waals surface area contributed by atoms with Crippen molar-refractivity contribution in [3.05, 3.63) is 29.3 Å². The van der Waals surface area contributed by atoms with Crippen molar-refractivity contribution < 1.29 is 9.00 Å². The van der Waals surface area contributed by atoms with Gasteiger partial charge in [0, 0.05) is 5.56 Å². The summed E-state index contributed by atoms with van der Waals surface area (Å²) < 4.78 is 10.9. The minimum absolute atomic E-state index is 0.394. The minimum atomic E-state index is -1.58. The maximum Gasteiger partial charge on any atom is 0.151 e. The van der Waals surface area contributed by atoms with Gasteiger partial charge in [0.05, 0.1) is 4.90 Å². The van der Waals surface area contributed by atoms with E-state index in [0.29, 0.717) is 16.7 Å². The van der Waals surface area contributed by atoms with E-state index in [-0.39, 0.29) is 0 Å². The molecule has 3 nitrogen and oxygen atoms in total. The van der Waals surface area contributed by atoms with Gasteiger partial charge in [-0.05, 0) is 18.6 Å². The molecule has 4 heteroatoms. The number of nitrogens with two attached hydrogens (primary N) is 1. The summed E-state index contributed by atoms with van der Waals surface area (Å²) in [7, 11) is -1.58. The summed E-state index contributed by atoms with van der Waals surface area (Å²) in [5.74, 6) is 0. The molecule has 64 valence electrons. The molecule has 12 heavy (non-hydrogen) atoms. The number of benzene rings is 1. The van der Waals surface area contributed by atoms with E-state index in [9.17, 15) is 9.00 Å². The maximum atomic E-state index is 10.9. The molecule has 0 aromatic heterocycles. The first-order valence-corrected chi connectivity index (χ1v) is 4.59. The van der Waals surface area contributed by atoms with Crippen molar-refractivity contribution in [3.63, 3.8) is 0 Å². The molecule has 1 atom stereocenters. The molecule has 0 aliphatic heterocycles. The van der Waals surface area contributed by atoms with E-state index in [4.69, 9.17) is 5.14 Å². The second-order valence-corrected chi connectivity index (χ2v) is 3.44. The van der Waals surface area contributed by atoms with Crippen LogP contribution < -0.4 is 5.14 Å². The van der Waals surface area contributed by atoms with E-state index >= 15 is 0 Å². The van der Waals surface area contributed by atoms with Crippen molar-refractivity contribution in [1.29, 1.82) is 0 Å². The van der Waals surface area contributed by atoms with E-state index in [1.165, 1.54) is 0 Å². The lowest BCUT2D eigenvalue weighted by molar-refractivity contribution is 0.112. The summed E-state index contributed by atoms with van der Waals surface area (Å²) in [6.07, 6.45) is 0.676. The first kappa shape index (κ1) is 9.09. The first-order chi connectivity index (χ1) is 5.66. The molecule has 2 N–H and O–H groups in total. The number of aldehydes is 1. The number of carbonyl (C=O) groups is 1. The second-order valence-electron chi connectivity index (χ2n) is 2.40. The maximum absolute atomic E-state index is 10.9. The second kappa shape index (κ2) is 3.60. The van der Waals surface area contributed by atoms with Crippen LogP contribution in [0.3, 0.4) is 0 Å². The van der Waals surface area contributed by atoms with Crippen LogP contribution in [0, 0.1) is 6.92 Å². The predicted octanol–water partition coefficient (Wildman–Crippen LogP) is 0.789. The van der Waals surface area contributed by atoms with Crippen LogP contribution in [0.2, 0.25) is 0 Å². The Balaban J connectivity index is 3.37. The van der Waals surface area contributed by atoms with Gasteiger partial charge in [0.25, 0.3) is 0 Å². The highest BCUT2D eigenvalue weighted by Gasteiger charge is 2.06. The molecule has 1 rings (SSSR count).